The molecule has 0 aliphatic heterocycles. The molecule has 1 aromatic carbocycles. The van der Waals surface area contributed by atoms with Crippen molar-refractivity contribution in [3.63, 3.8) is 0 Å². The smallest absolute Gasteiger partial charge is 0.243 e. The summed E-state index contributed by atoms with van der Waals surface area (Å²) in [5.74, 6) is 1.63. The van der Waals surface area contributed by atoms with Crippen LogP contribution in [0, 0.1) is 6.92 Å². The third kappa shape index (κ3) is 3.67. The fourth-order valence-electron chi connectivity index (χ4n) is 3.02. The van der Waals surface area contributed by atoms with Crippen LogP contribution < -0.4 is 10.2 Å². The molecule has 0 saturated carbocycles. The highest BCUT2D eigenvalue weighted by molar-refractivity contribution is 5.93. The molecule has 1 amide bonds. The van der Waals surface area contributed by atoms with Crippen molar-refractivity contribution in [1.29, 1.82) is 0 Å². The number of carbonyl (C=O) groups is 1. The Labute approximate surface area is 136 Å². The highest BCUT2D eigenvalue weighted by Gasteiger charge is 2.20. The van der Waals surface area contributed by atoms with Gasteiger partial charge in [0.2, 0.25) is 5.91 Å². The lowest BCUT2D eigenvalue weighted by Crippen LogP contribution is -2.32. The van der Waals surface area contributed by atoms with Crippen LogP contribution in [-0.2, 0) is 17.6 Å². The van der Waals surface area contributed by atoms with E-state index in [2.05, 4.69) is 15.3 Å². The van der Waals surface area contributed by atoms with Crippen LogP contribution in [0.1, 0.15) is 29.9 Å². The van der Waals surface area contributed by atoms with Crippen LogP contribution in [0.15, 0.2) is 30.3 Å². The zero-order valence-electron chi connectivity index (χ0n) is 13.7. The number of para-hydroxylation sites is 1. The number of aromatic nitrogens is 2. The quantitative estimate of drug-likeness (QED) is 0.943. The lowest BCUT2D eigenvalue weighted by Gasteiger charge is -2.25. The third-order valence-corrected chi connectivity index (χ3v) is 4.07. The normalized spacial score (nSPS) is 13.3. The maximum Gasteiger partial charge on any atom is 0.243 e. The van der Waals surface area contributed by atoms with Gasteiger partial charge in [0, 0.05) is 24.0 Å². The molecule has 1 N–H and O–H groups in total. The number of aryl methyl sites for hydroxylation is 2. The van der Waals surface area contributed by atoms with Crippen molar-refractivity contribution in [3.05, 3.63) is 47.4 Å². The van der Waals surface area contributed by atoms with E-state index in [-0.39, 0.29) is 12.5 Å². The minimum absolute atomic E-state index is 0.0421. The van der Waals surface area contributed by atoms with E-state index in [9.17, 15) is 4.79 Å². The maximum atomic E-state index is 12.3. The molecule has 2 aromatic rings. The zero-order valence-corrected chi connectivity index (χ0v) is 13.7. The first-order chi connectivity index (χ1) is 11.1. The van der Waals surface area contributed by atoms with E-state index in [0.29, 0.717) is 0 Å². The predicted molar refractivity (Wildman–Crippen MR) is 91.8 cm³/mol. The van der Waals surface area contributed by atoms with Crippen molar-refractivity contribution >= 4 is 17.4 Å². The summed E-state index contributed by atoms with van der Waals surface area (Å²) in [7, 11) is 1.92. The number of nitrogens with one attached hydrogen (secondary N) is 1. The van der Waals surface area contributed by atoms with Crippen molar-refractivity contribution in [2.24, 2.45) is 0 Å². The topological polar surface area (TPSA) is 58.1 Å². The minimum atomic E-state index is -0.0421. The summed E-state index contributed by atoms with van der Waals surface area (Å²) >= 11 is 0. The van der Waals surface area contributed by atoms with Crippen LogP contribution in [0.3, 0.4) is 0 Å². The Morgan fingerprint density at radius 3 is 2.70 bits per heavy atom. The van der Waals surface area contributed by atoms with Crippen LogP contribution in [0.5, 0.6) is 0 Å². The molecule has 23 heavy (non-hydrogen) atoms. The van der Waals surface area contributed by atoms with Gasteiger partial charge in [-0.1, -0.05) is 18.2 Å². The summed E-state index contributed by atoms with van der Waals surface area (Å²) in [5.41, 5.74) is 3.16. The van der Waals surface area contributed by atoms with Crippen LogP contribution in [-0.4, -0.2) is 29.5 Å². The lowest BCUT2D eigenvalue weighted by atomic mass is 9.96. The van der Waals surface area contributed by atoms with E-state index in [0.717, 1.165) is 42.3 Å². The molecule has 1 aromatic heterocycles. The molecule has 0 atom stereocenters. The van der Waals surface area contributed by atoms with Gasteiger partial charge in [-0.25, -0.2) is 9.97 Å². The average Bonchev–Trinajstić information content (AvgIpc) is 2.54. The van der Waals surface area contributed by atoms with Crippen molar-refractivity contribution < 1.29 is 4.79 Å². The number of rotatable bonds is 4. The first kappa shape index (κ1) is 15.5. The Hall–Kier alpha value is -2.43. The Morgan fingerprint density at radius 2 is 1.91 bits per heavy atom. The average molecular weight is 310 g/mol. The van der Waals surface area contributed by atoms with Gasteiger partial charge in [-0.15, -0.1) is 0 Å². The summed E-state index contributed by atoms with van der Waals surface area (Å²) in [6.45, 7) is 2.19. The summed E-state index contributed by atoms with van der Waals surface area (Å²) < 4.78 is 0. The van der Waals surface area contributed by atoms with Crippen molar-refractivity contribution in [2.45, 2.75) is 32.6 Å². The maximum absolute atomic E-state index is 12.3. The number of benzene rings is 1. The van der Waals surface area contributed by atoms with Gasteiger partial charge in [0.15, 0.2) is 0 Å². The van der Waals surface area contributed by atoms with Gasteiger partial charge < -0.3 is 10.2 Å². The molecule has 0 unspecified atom stereocenters. The summed E-state index contributed by atoms with van der Waals surface area (Å²) in [5, 5.41) is 2.91. The highest BCUT2D eigenvalue weighted by atomic mass is 16.2. The van der Waals surface area contributed by atoms with Crippen LogP contribution >= 0.6 is 0 Å². The van der Waals surface area contributed by atoms with Crippen LogP contribution in [0.2, 0.25) is 0 Å². The van der Waals surface area contributed by atoms with Crippen molar-refractivity contribution in [2.75, 3.05) is 23.8 Å². The van der Waals surface area contributed by atoms with Gasteiger partial charge in [0.05, 0.1) is 6.54 Å². The number of hydrogen-bond acceptors (Lipinski definition) is 4. The third-order valence-electron chi connectivity index (χ3n) is 4.07. The number of anilines is 2. The van der Waals surface area contributed by atoms with Gasteiger partial charge in [0.25, 0.3) is 0 Å². The van der Waals surface area contributed by atoms with E-state index in [1.807, 2.05) is 49.2 Å². The summed E-state index contributed by atoms with van der Waals surface area (Å²) in [6.07, 6.45) is 4.35. The summed E-state index contributed by atoms with van der Waals surface area (Å²) in [6, 6.07) is 9.51. The molecule has 3 rings (SSSR count). The van der Waals surface area contributed by atoms with E-state index in [1.54, 1.807) is 0 Å². The second-order valence-corrected chi connectivity index (χ2v) is 6.00. The lowest BCUT2D eigenvalue weighted by molar-refractivity contribution is -0.114. The van der Waals surface area contributed by atoms with E-state index < -0.39 is 0 Å². The largest absolute Gasteiger partial charge is 0.350 e. The van der Waals surface area contributed by atoms with Crippen molar-refractivity contribution in [3.8, 4) is 0 Å². The molecular formula is C18H22N4O. The Kier molecular flexibility index (Phi) is 4.55. The Bertz CT molecular complexity index is 700. The standard InChI is InChI=1S/C18H22N4O/c1-13-19-16-11-7-6-10-15(16)18(20-13)22(2)12-17(23)21-14-8-4-3-5-9-14/h3-5,8-9H,6-7,10-12H2,1-2H3,(H,21,23). The molecule has 5 nitrogen and oxygen atoms in total. The summed E-state index contributed by atoms with van der Waals surface area (Å²) in [4.78, 5) is 23.3. The molecule has 0 saturated heterocycles. The minimum Gasteiger partial charge on any atom is -0.350 e. The zero-order chi connectivity index (χ0) is 16.2. The number of hydrogen-bond donors (Lipinski definition) is 1. The fourth-order valence-corrected chi connectivity index (χ4v) is 3.02. The second-order valence-electron chi connectivity index (χ2n) is 6.00. The second kappa shape index (κ2) is 6.77. The number of carbonyl (C=O) groups excluding carboxylic acids is 1. The van der Waals surface area contributed by atoms with Gasteiger partial charge in [0.1, 0.15) is 11.6 Å². The van der Waals surface area contributed by atoms with Gasteiger partial charge in [-0.05, 0) is 44.7 Å². The molecule has 120 valence electrons. The fraction of sp³-hybridized carbons (Fsp3) is 0.389. The van der Waals surface area contributed by atoms with Crippen LogP contribution in [0.4, 0.5) is 11.5 Å². The Balaban J connectivity index is 1.74. The highest BCUT2D eigenvalue weighted by Crippen LogP contribution is 2.27. The van der Waals surface area contributed by atoms with Crippen LogP contribution in [0.25, 0.3) is 0 Å². The van der Waals surface area contributed by atoms with E-state index >= 15 is 0 Å². The molecule has 1 aliphatic rings. The molecule has 0 fully saturated rings. The number of amides is 1. The predicted octanol–water partition coefficient (Wildman–Crippen LogP) is 2.74. The van der Waals surface area contributed by atoms with Gasteiger partial charge in [-0.2, -0.15) is 0 Å². The van der Waals surface area contributed by atoms with Gasteiger partial charge >= 0.3 is 0 Å². The molecular weight excluding hydrogens is 288 g/mol. The first-order valence-electron chi connectivity index (χ1n) is 8.06. The van der Waals surface area contributed by atoms with Crippen molar-refractivity contribution in [1.82, 2.24) is 9.97 Å². The Morgan fingerprint density at radius 1 is 1.17 bits per heavy atom. The molecule has 1 heterocycles. The molecule has 5 heteroatoms. The molecule has 0 spiro atoms. The SMILES string of the molecule is Cc1nc2c(c(N(C)CC(=O)Nc3ccccc3)n1)CCCC2. The number of nitrogens with zero attached hydrogens (tertiary/aromatic N) is 3. The van der Waals surface area contributed by atoms with Gasteiger partial charge in [-0.3, -0.25) is 4.79 Å². The molecule has 0 bridgehead atoms. The van der Waals surface area contributed by atoms with E-state index in [1.165, 1.54) is 12.0 Å². The molecule has 1 aliphatic carbocycles. The number of fused-ring (bicyclic) bond motifs is 1. The molecule has 0 radical (unpaired) electrons. The van der Waals surface area contributed by atoms with E-state index in [4.69, 9.17) is 0 Å². The first-order valence-corrected chi connectivity index (χ1v) is 8.06. The number of likely N-dealkylation sites (N-methyl/N-ethyl adjacent to an activating group) is 1. The monoisotopic (exact) mass is 310 g/mol.